The molecule has 3 heteroatoms. The number of hydrogen-bond donors (Lipinski definition) is 0. The number of likely N-dealkylation sites (N-methyl/N-ethyl adjacent to an activating group) is 1. The minimum absolute atomic E-state index is 1.12. The molecule has 0 aliphatic carbocycles. The van der Waals surface area contributed by atoms with Crippen LogP contribution in [0, 0.1) is 0 Å². The third kappa shape index (κ3) is 2.61. The highest BCUT2D eigenvalue weighted by Gasteiger charge is 2.13. The molecule has 0 N–H and O–H groups in total. The predicted octanol–water partition coefficient (Wildman–Crippen LogP) is 1.49. The predicted molar refractivity (Wildman–Crippen MR) is 69.7 cm³/mol. The molecule has 0 saturated carbocycles. The smallest absolute Gasteiger partial charge is 0.0367 e. The van der Waals surface area contributed by atoms with Gasteiger partial charge in [0.25, 0.3) is 0 Å². The first-order valence-electron chi connectivity index (χ1n) is 5.75. The van der Waals surface area contributed by atoms with Gasteiger partial charge in [-0.2, -0.15) is 0 Å². The SMILES string of the molecule is CN=Cc1ccc(N2CCN(C)CC2)cc1. The molecular weight excluding hydrogens is 198 g/mol. The van der Waals surface area contributed by atoms with E-state index in [2.05, 4.69) is 46.1 Å². The molecular formula is C13H19N3. The topological polar surface area (TPSA) is 18.8 Å². The van der Waals surface area contributed by atoms with Crippen molar-refractivity contribution in [1.29, 1.82) is 0 Å². The van der Waals surface area contributed by atoms with E-state index in [0.29, 0.717) is 0 Å². The van der Waals surface area contributed by atoms with Gasteiger partial charge in [-0.1, -0.05) is 12.1 Å². The highest BCUT2D eigenvalue weighted by molar-refractivity contribution is 5.80. The summed E-state index contributed by atoms with van der Waals surface area (Å²) in [6, 6.07) is 8.62. The van der Waals surface area contributed by atoms with E-state index < -0.39 is 0 Å². The van der Waals surface area contributed by atoms with Crippen molar-refractivity contribution in [3.05, 3.63) is 29.8 Å². The van der Waals surface area contributed by atoms with E-state index in [9.17, 15) is 0 Å². The Labute approximate surface area is 97.4 Å². The second kappa shape index (κ2) is 5.12. The van der Waals surface area contributed by atoms with Gasteiger partial charge in [-0.3, -0.25) is 4.99 Å². The van der Waals surface area contributed by atoms with Gasteiger partial charge in [-0.15, -0.1) is 0 Å². The average Bonchev–Trinajstić information content (AvgIpc) is 2.32. The highest BCUT2D eigenvalue weighted by atomic mass is 15.2. The van der Waals surface area contributed by atoms with Gasteiger partial charge in [-0.25, -0.2) is 0 Å². The average molecular weight is 217 g/mol. The molecule has 0 spiro atoms. The minimum Gasteiger partial charge on any atom is -0.369 e. The van der Waals surface area contributed by atoms with Crippen LogP contribution in [0.25, 0.3) is 0 Å². The summed E-state index contributed by atoms with van der Waals surface area (Å²) in [6.07, 6.45) is 1.88. The van der Waals surface area contributed by atoms with Crippen molar-refractivity contribution in [2.75, 3.05) is 45.2 Å². The van der Waals surface area contributed by atoms with Crippen molar-refractivity contribution >= 4 is 11.9 Å². The van der Waals surface area contributed by atoms with E-state index in [1.165, 1.54) is 11.3 Å². The zero-order chi connectivity index (χ0) is 11.4. The Kier molecular flexibility index (Phi) is 3.57. The maximum Gasteiger partial charge on any atom is 0.0367 e. The summed E-state index contributed by atoms with van der Waals surface area (Å²) < 4.78 is 0. The fraction of sp³-hybridized carbons (Fsp3) is 0.462. The molecule has 3 nitrogen and oxygen atoms in total. The quantitative estimate of drug-likeness (QED) is 0.699. The summed E-state index contributed by atoms with van der Waals surface area (Å²) in [7, 11) is 3.98. The van der Waals surface area contributed by atoms with Gasteiger partial charge in [0.1, 0.15) is 0 Å². The van der Waals surface area contributed by atoms with Crippen LogP contribution in [0.5, 0.6) is 0 Å². The van der Waals surface area contributed by atoms with Crippen LogP contribution < -0.4 is 4.90 Å². The molecule has 0 radical (unpaired) electrons. The number of piperazine rings is 1. The van der Waals surface area contributed by atoms with Crippen LogP contribution in [0.3, 0.4) is 0 Å². The monoisotopic (exact) mass is 217 g/mol. The van der Waals surface area contributed by atoms with Gasteiger partial charge in [0.05, 0.1) is 0 Å². The third-order valence-corrected chi connectivity index (χ3v) is 3.04. The summed E-state index contributed by atoms with van der Waals surface area (Å²) in [5, 5.41) is 0. The van der Waals surface area contributed by atoms with Crippen LogP contribution in [0.4, 0.5) is 5.69 Å². The van der Waals surface area contributed by atoms with Crippen molar-refractivity contribution in [3.63, 3.8) is 0 Å². The normalized spacial score (nSPS) is 18.2. The largest absolute Gasteiger partial charge is 0.369 e. The Balaban J connectivity index is 2.04. The van der Waals surface area contributed by atoms with Crippen LogP contribution in [-0.4, -0.2) is 51.4 Å². The molecule has 0 bridgehead atoms. The number of nitrogens with zero attached hydrogens (tertiary/aromatic N) is 3. The van der Waals surface area contributed by atoms with Crippen LogP contribution in [0.15, 0.2) is 29.3 Å². The highest BCUT2D eigenvalue weighted by Crippen LogP contribution is 2.16. The van der Waals surface area contributed by atoms with E-state index in [-0.39, 0.29) is 0 Å². The Morgan fingerprint density at radius 3 is 2.25 bits per heavy atom. The van der Waals surface area contributed by atoms with Crippen molar-refractivity contribution < 1.29 is 0 Å². The van der Waals surface area contributed by atoms with Gasteiger partial charge in [0.2, 0.25) is 0 Å². The maximum absolute atomic E-state index is 4.01. The van der Waals surface area contributed by atoms with Crippen LogP contribution in [-0.2, 0) is 0 Å². The van der Waals surface area contributed by atoms with Gasteiger partial charge in [0.15, 0.2) is 0 Å². The van der Waals surface area contributed by atoms with Crippen LogP contribution in [0.2, 0.25) is 0 Å². The van der Waals surface area contributed by atoms with E-state index in [1.807, 2.05) is 6.21 Å². The molecule has 0 atom stereocenters. The summed E-state index contributed by atoms with van der Waals surface area (Å²) in [5.74, 6) is 0. The molecule has 1 fully saturated rings. The summed E-state index contributed by atoms with van der Waals surface area (Å²) in [4.78, 5) is 8.82. The number of benzene rings is 1. The Bertz CT molecular complexity index is 348. The zero-order valence-corrected chi connectivity index (χ0v) is 10.1. The molecule has 1 aliphatic rings. The Morgan fingerprint density at radius 1 is 1.06 bits per heavy atom. The molecule has 86 valence electrons. The molecule has 0 aromatic heterocycles. The van der Waals surface area contributed by atoms with E-state index in [4.69, 9.17) is 0 Å². The van der Waals surface area contributed by atoms with E-state index in [0.717, 1.165) is 26.2 Å². The second-order valence-corrected chi connectivity index (χ2v) is 4.27. The molecule has 16 heavy (non-hydrogen) atoms. The third-order valence-electron chi connectivity index (χ3n) is 3.04. The van der Waals surface area contributed by atoms with Gasteiger partial charge in [0, 0.05) is 45.1 Å². The Hall–Kier alpha value is -1.35. The fourth-order valence-corrected chi connectivity index (χ4v) is 1.98. The zero-order valence-electron chi connectivity index (χ0n) is 10.1. The second-order valence-electron chi connectivity index (χ2n) is 4.27. The Morgan fingerprint density at radius 2 is 1.69 bits per heavy atom. The van der Waals surface area contributed by atoms with Crippen LogP contribution >= 0.6 is 0 Å². The van der Waals surface area contributed by atoms with Crippen molar-refractivity contribution in [1.82, 2.24) is 4.90 Å². The number of rotatable bonds is 2. The van der Waals surface area contributed by atoms with Crippen molar-refractivity contribution in [2.24, 2.45) is 4.99 Å². The number of anilines is 1. The van der Waals surface area contributed by atoms with Gasteiger partial charge < -0.3 is 9.80 Å². The summed E-state index contributed by atoms with van der Waals surface area (Å²) in [6.45, 7) is 4.55. The first kappa shape index (κ1) is 11.1. The maximum atomic E-state index is 4.01. The summed E-state index contributed by atoms with van der Waals surface area (Å²) >= 11 is 0. The van der Waals surface area contributed by atoms with E-state index >= 15 is 0 Å². The lowest BCUT2D eigenvalue weighted by Gasteiger charge is -2.34. The standard InChI is InChI=1S/C13H19N3/c1-14-11-12-3-5-13(6-4-12)16-9-7-15(2)8-10-16/h3-6,11H,7-10H2,1-2H3. The first-order chi connectivity index (χ1) is 7.79. The molecule has 1 saturated heterocycles. The fourth-order valence-electron chi connectivity index (χ4n) is 1.98. The first-order valence-corrected chi connectivity index (χ1v) is 5.75. The molecule has 1 heterocycles. The van der Waals surface area contributed by atoms with Crippen LogP contribution in [0.1, 0.15) is 5.56 Å². The number of aliphatic imine (C=N–C) groups is 1. The van der Waals surface area contributed by atoms with Crippen molar-refractivity contribution in [2.45, 2.75) is 0 Å². The lowest BCUT2D eigenvalue weighted by molar-refractivity contribution is 0.313. The van der Waals surface area contributed by atoms with Gasteiger partial charge in [-0.05, 0) is 24.7 Å². The molecule has 1 aromatic carbocycles. The lowest BCUT2D eigenvalue weighted by Crippen LogP contribution is -2.44. The molecule has 1 aromatic rings. The molecule has 1 aliphatic heterocycles. The molecule has 2 rings (SSSR count). The molecule has 0 unspecified atom stereocenters. The minimum atomic E-state index is 1.12. The summed E-state index contributed by atoms with van der Waals surface area (Å²) in [5.41, 5.74) is 2.49. The molecule has 0 amide bonds. The van der Waals surface area contributed by atoms with Crippen molar-refractivity contribution in [3.8, 4) is 0 Å². The lowest BCUT2D eigenvalue weighted by atomic mass is 10.2. The van der Waals surface area contributed by atoms with Gasteiger partial charge >= 0.3 is 0 Å². The van der Waals surface area contributed by atoms with E-state index in [1.54, 1.807) is 7.05 Å². The number of hydrogen-bond acceptors (Lipinski definition) is 3.